The second kappa shape index (κ2) is 15.0. The van der Waals surface area contributed by atoms with Crippen LogP contribution in [0.25, 0.3) is 5.57 Å². The highest BCUT2D eigenvalue weighted by atomic mass is 14.3. The fourth-order valence-electron chi connectivity index (χ4n) is 4.54. The molecule has 0 heterocycles. The van der Waals surface area contributed by atoms with Crippen LogP contribution < -0.4 is 0 Å². The first-order valence-corrected chi connectivity index (χ1v) is 13.4. The van der Waals surface area contributed by atoms with E-state index in [1.54, 1.807) is 0 Å². The van der Waals surface area contributed by atoms with Gasteiger partial charge in [-0.1, -0.05) is 142 Å². The van der Waals surface area contributed by atoms with E-state index in [1.807, 2.05) is 45.9 Å². The van der Waals surface area contributed by atoms with Crippen molar-refractivity contribution in [1.82, 2.24) is 0 Å². The fraction of sp³-hybridized carbons (Fsp3) is 0.314. The Hall–Kier alpha value is -3.12. The van der Waals surface area contributed by atoms with Gasteiger partial charge in [0.05, 0.1) is 0 Å². The lowest BCUT2D eigenvalue weighted by atomic mass is 9.81. The van der Waals surface area contributed by atoms with Gasteiger partial charge < -0.3 is 0 Å². The molecule has 0 bridgehead atoms. The summed E-state index contributed by atoms with van der Waals surface area (Å²) in [5, 5.41) is 0. The number of hydrogen-bond donors (Lipinski definition) is 0. The molecular weight excluding hydrogens is 420 g/mol. The van der Waals surface area contributed by atoms with Crippen LogP contribution in [0.4, 0.5) is 0 Å². The third-order valence-corrected chi connectivity index (χ3v) is 6.41. The number of hydrogen-bond acceptors (Lipinski definition) is 0. The molecule has 0 fully saturated rings. The standard InChI is InChI=1S/C24H24.C7H8.2C2H6/c1-17-8-7-13-21(17)22-11-5-6-12-23(22)24-16-20(15-14-18(24)2)19-9-3-4-10-19;1-7-5-3-2-4-6-7;2*1-2/h3-9,11-13,16,21H,10,14-15H2,1-2H3;2-6H,1H3;2*1-2H3. The maximum Gasteiger partial charge on any atom is 0.0237 e. The largest absolute Gasteiger partial charge is 0.0801 e. The summed E-state index contributed by atoms with van der Waals surface area (Å²) >= 11 is 0. The van der Waals surface area contributed by atoms with Crippen LogP contribution in [-0.2, 0) is 0 Å². The van der Waals surface area contributed by atoms with E-state index in [2.05, 4.69) is 99.7 Å². The van der Waals surface area contributed by atoms with Crippen LogP contribution in [0, 0.1) is 6.92 Å². The van der Waals surface area contributed by atoms with Crippen LogP contribution >= 0.6 is 0 Å². The molecule has 0 nitrogen and oxygen atoms in total. The number of allylic oxidation sites excluding steroid dienone is 12. The lowest BCUT2D eigenvalue weighted by Crippen LogP contribution is -2.04. The quantitative estimate of drug-likeness (QED) is 0.423. The molecule has 0 saturated carbocycles. The molecule has 0 radical (unpaired) electrons. The molecule has 0 spiro atoms. The molecule has 0 N–H and O–H groups in total. The smallest absolute Gasteiger partial charge is 0.0237 e. The summed E-state index contributed by atoms with van der Waals surface area (Å²) in [7, 11) is 0. The van der Waals surface area contributed by atoms with Gasteiger partial charge in [-0.2, -0.15) is 0 Å². The van der Waals surface area contributed by atoms with Crippen molar-refractivity contribution >= 4 is 5.57 Å². The van der Waals surface area contributed by atoms with E-state index in [0.717, 1.165) is 6.42 Å². The van der Waals surface area contributed by atoms with Crippen molar-refractivity contribution in [3.63, 3.8) is 0 Å². The summed E-state index contributed by atoms with van der Waals surface area (Å²) in [5.41, 5.74) is 11.6. The van der Waals surface area contributed by atoms with Gasteiger partial charge in [0.15, 0.2) is 0 Å². The predicted molar refractivity (Wildman–Crippen MR) is 158 cm³/mol. The molecule has 0 heteroatoms. The zero-order valence-electron chi connectivity index (χ0n) is 22.9. The van der Waals surface area contributed by atoms with E-state index in [4.69, 9.17) is 0 Å². The molecule has 3 aliphatic rings. The highest BCUT2D eigenvalue weighted by Crippen LogP contribution is 2.40. The average Bonchev–Trinajstić information content (AvgIpc) is 3.60. The lowest BCUT2D eigenvalue weighted by Gasteiger charge is -2.23. The Morgan fingerprint density at radius 3 is 1.94 bits per heavy atom. The first-order valence-electron chi connectivity index (χ1n) is 13.4. The Morgan fingerprint density at radius 1 is 0.686 bits per heavy atom. The minimum absolute atomic E-state index is 0.424. The topological polar surface area (TPSA) is 0 Å². The van der Waals surface area contributed by atoms with Crippen LogP contribution in [0.15, 0.2) is 119 Å². The Bertz CT molecular complexity index is 1110. The van der Waals surface area contributed by atoms with E-state index in [9.17, 15) is 0 Å². The summed E-state index contributed by atoms with van der Waals surface area (Å²) < 4.78 is 0. The molecule has 0 saturated heterocycles. The van der Waals surface area contributed by atoms with Gasteiger partial charge in [0.1, 0.15) is 0 Å². The molecule has 184 valence electrons. The molecule has 5 rings (SSSR count). The highest BCUT2D eigenvalue weighted by Gasteiger charge is 2.21. The van der Waals surface area contributed by atoms with Gasteiger partial charge >= 0.3 is 0 Å². The molecule has 3 aliphatic carbocycles. The second-order valence-corrected chi connectivity index (χ2v) is 8.70. The van der Waals surface area contributed by atoms with Gasteiger partial charge in [0.2, 0.25) is 0 Å². The van der Waals surface area contributed by atoms with Crippen LogP contribution in [0.3, 0.4) is 0 Å². The maximum atomic E-state index is 2.45. The lowest BCUT2D eigenvalue weighted by molar-refractivity contribution is 0.908. The monoisotopic (exact) mass is 464 g/mol. The van der Waals surface area contributed by atoms with E-state index in [-0.39, 0.29) is 0 Å². The summed E-state index contributed by atoms with van der Waals surface area (Å²) in [6.45, 7) is 14.6. The fourth-order valence-corrected chi connectivity index (χ4v) is 4.54. The predicted octanol–water partition coefficient (Wildman–Crippen LogP) is 10.7. The van der Waals surface area contributed by atoms with Crippen molar-refractivity contribution in [3.8, 4) is 0 Å². The minimum Gasteiger partial charge on any atom is -0.0801 e. The van der Waals surface area contributed by atoms with Crippen molar-refractivity contribution in [3.05, 3.63) is 136 Å². The molecular formula is C35H44. The van der Waals surface area contributed by atoms with Gasteiger partial charge in [-0.25, -0.2) is 0 Å². The first-order chi connectivity index (χ1) is 17.1. The average molecular weight is 465 g/mol. The Balaban J connectivity index is 0.000000332. The third kappa shape index (κ3) is 7.69. The maximum absolute atomic E-state index is 2.45. The zero-order chi connectivity index (χ0) is 25.6. The van der Waals surface area contributed by atoms with Crippen LogP contribution in [0.5, 0.6) is 0 Å². The molecule has 0 aliphatic heterocycles. The van der Waals surface area contributed by atoms with E-state index in [1.165, 1.54) is 57.4 Å². The van der Waals surface area contributed by atoms with Gasteiger partial charge in [-0.05, 0) is 67.9 Å². The molecule has 1 atom stereocenters. The van der Waals surface area contributed by atoms with Gasteiger partial charge in [-0.15, -0.1) is 0 Å². The Kier molecular flexibility index (Phi) is 12.0. The summed E-state index contributed by atoms with van der Waals surface area (Å²) in [4.78, 5) is 0. The normalized spacial score (nSPS) is 17.7. The molecule has 35 heavy (non-hydrogen) atoms. The Morgan fingerprint density at radius 2 is 1.37 bits per heavy atom. The zero-order valence-corrected chi connectivity index (χ0v) is 22.9. The molecule has 0 amide bonds. The second-order valence-electron chi connectivity index (χ2n) is 8.70. The summed E-state index contributed by atoms with van der Waals surface area (Å²) in [5.74, 6) is 0.424. The SMILES string of the molecule is CC.CC.CC1=CC=CC1c1ccccc1C1=C(C)CCC(C2=CC=CC2)=C1.Cc1ccccc1. The van der Waals surface area contributed by atoms with Crippen molar-refractivity contribution in [2.75, 3.05) is 0 Å². The van der Waals surface area contributed by atoms with Crippen molar-refractivity contribution < 1.29 is 0 Å². The van der Waals surface area contributed by atoms with Crippen LogP contribution in [0.1, 0.15) is 83.4 Å². The van der Waals surface area contributed by atoms with E-state index >= 15 is 0 Å². The van der Waals surface area contributed by atoms with Crippen LogP contribution in [-0.4, -0.2) is 0 Å². The van der Waals surface area contributed by atoms with Crippen molar-refractivity contribution in [2.24, 2.45) is 0 Å². The summed E-state index contributed by atoms with van der Waals surface area (Å²) in [6.07, 6.45) is 19.4. The van der Waals surface area contributed by atoms with Crippen molar-refractivity contribution in [1.29, 1.82) is 0 Å². The first kappa shape index (κ1) is 28.1. The third-order valence-electron chi connectivity index (χ3n) is 6.41. The van der Waals surface area contributed by atoms with Crippen LogP contribution in [0.2, 0.25) is 0 Å². The van der Waals surface area contributed by atoms with E-state index < -0.39 is 0 Å². The minimum atomic E-state index is 0.424. The summed E-state index contributed by atoms with van der Waals surface area (Å²) in [6, 6.07) is 19.2. The highest BCUT2D eigenvalue weighted by molar-refractivity contribution is 5.82. The van der Waals surface area contributed by atoms with E-state index in [0.29, 0.717) is 5.92 Å². The number of aryl methyl sites for hydroxylation is 1. The van der Waals surface area contributed by atoms with Gasteiger partial charge in [-0.3, -0.25) is 0 Å². The molecule has 0 aromatic heterocycles. The number of benzene rings is 2. The molecule has 2 aromatic carbocycles. The van der Waals surface area contributed by atoms with Crippen molar-refractivity contribution in [2.45, 2.75) is 73.6 Å². The van der Waals surface area contributed by atoms with Gasteiger partial charge in [0.25, 0.3) is 0 Å². The molecule has 1 unspecified atom stereocenters. The number of rotatable bonds is 3. The Labute approximate surface area is 215 Å². The van der Waals surface area contributed by atoms with Gasteiger partial charge in [0, 0.05) is 5.92 Å². The molecule has 2 aromatic rings.